The summed E-state index contributed by atoms with van der Waals surface area (Å²) in [7, 11) is -0.130. The molecule has 0 heterocycles. The van der Waals surface area contributed by atoms with Crippen LogP contribution in [0.1, 0.15) is 117 Å². The largest absolute Gasteiger partial charge is 0.498 e. The molecule has 10 saturated carbocycles. The molecule has 10 fully saturated rings. The van der Waals surface area contributed by atoms with E-state index in [2.05, 4.69) is 213 Å². The van der Waals surface area contributed by atoms with Crippen molar-refractivity contribution in [2.45, 2.75) is 180 Å². The van der Waals surface area contributed by atoms with Crippen molar-refractivity contribution < 1.29 is 46.1 Å². The van der Waals surface area contributed by atoms with Crippen LogP contribution in [0.3, 0.4) is 0 Å². The second kappa shape index (κ2) is 31.7. The smallest absolute Gasteiger partial charge is 0.376 e. The molecule has 508 valence electrons. The van der Waals surface area contributed by atoms with Crippen molar-refractivity contribution in [1.29, 1.82) is 0 Å². The molecule has 0 spiro atoms. The minimum Gasteiger partial charge on any atom is -0.498 e. The van der Waals surface area contributed by atoms with Crippen LogP contribution in [-0.4, -0.2) is 61.6 Å². The summed E-state index contributed by atoms with van der Waals surface area (Å²) in [5.41, 5.74) is 0.0469. The van der Waals surface area contributed by atoms with E-state index in [1.807, 2.05) is 11.8 Å². The number of carbonyl (C=O) groups excluding carboxylic acids is 2. The summed E-state index contributed by atoms with van der Waals surface area (Å²) < 4.78 is 72.5. The zero-order valence-electron chi connectivity index (χ0n) is 55.5. The standard InChI is InChI=1S/C27H27OS2.C18H14S2.2C14H20F2O2.C9H12O/c1-3-7-24(8-4-1)30(25-9-5-2-6-10-25)26-15-13-23(14-16-26)29-18-17-28-27-20-21-11-12-22(27)19-21;19-15-11-13-18(14-12-15)20(16-7-3-1-4-8-16)17-9-5-2-6-10-17;2*1-13(15,16)12(17)18-8-14-5-9-2-10(6-14)4-11(3-9)7-14;1-2-10-9-6-7-3-4-8(9)5-7/h1-16,21-22,27H,17-20H2;1-14H;2*9-11H,2-8H2,1H3;2-4,7-9H,1,5-6H2/q+1;;;;/p+1. The summed E-state index contributed by atoms with van der Waals surface area (Å²) in [6, 6.07) is 60.6. The average Bonchev–Trinajstić information content (AvgIpc) is 0.995. The van der Waals surface area contributed by atoms with Gasteiger partial charge < -0.3 is 18.9 Å². The van der Waals surface area contributed by atoms with E-state index >= 15 is 0 Å². The number of allylic oxidation sites excluding steroid dienone is 2. The molecule has 18 rings (SSSR count). The highest BCUT2D eigenvalue weighted by Gasteiger charge is 2.54. The van der Waals surface area contributed by atoms with Crippen LogP contribution in [0, 0.1) is 70.0 Å². The van der Waals surface area contributed by atoms with E-state index in [1.165, 1.54) is 98.5 Å². The van der Waals surface area contributed by atoms with E-state index in [4.69, 9.17) is 18.9 Å². The third-order valence-electron chi connectivity index (χ3n) is 21.5. The van der Waals surface area contributed by atoms with Gasteiger partial charge in [-0.15, -0.1) is 24.4 Å². The summed E-state index contributed by atoms with van der Waals surface area (Å²) >= 11 is 6.27. The summed E-state index contributed by atoms with van der Waals surface area (Å²) in [6.07, 6.45) is 31.1. The Balaban J connectivity index is 0.000000119. The SMILES string of the molecule is C1=CC2CC1CC2OCCSc1ccc([S+](c2ccccc2)c2ccccc2)cc1.C=COC1CC2C=CC1C2.CC(F)(F)C(=O)OCC12CC3CC(CC(C3)C1)C2.CC(F)(F)C(=O)OCC12CC3CC(CC(C3)C1)C2.Sc1ccc([S+](c2ccccc2)c2ccccc2)cc1. The van der Waals surface area contributed by atoms with Gasteiger partial charge in [-0.25, -0.2) is 9.59 Å². The van der Waals surface area contributed by atoms with E-state index in [0.29, 0.717) is 37.9 Å². The lowest BCUT2D eigenvalue weighted by Gasteiger charge is -2.56. The van der Waals surface area contributed by atoms with Gasteiger partial charge in [0.25, 0.3) is 0 Å². The Morgan fingerprint density at radius 1 is 0.479 bits per heavy atom. The lowest BCUT2D eigenvalue weighted by Crippen LogP contribution is -2.49. The van der Waals surface area contributed by atoms with E-state index in [9.17, 15) is 27.2 Å². The topological polar surface area (TPSA) is 71.1 Å². The molecule has 6 nitrogen and oxygen atoms in total. The third-order valence-corrected chi connectivity index (χ3v) is 27.2. The van der Waals surface area contributed by atoms with Gasteiger partial charge in [0.2, 0.25) is 0 Å². The fourth-order valence-electron chi connectivity index (χ4n) is 18.2. The first-order valence-electron chi connectivity index (χ1n) is 34.9. The van der Waals surface area contributed by atoms with Crippen LogP contribution >= 0.6 is 24.4 Å². The van der Waals surface area contributed by atoms with Gasteiger partial charge in [-0.2, -0.15) is 17.6 Å². The van der Waals surface area contributed by atoms with Gasteiger partial charge in [-0.05, 0) is 247 Å². The zero-order valence-corrected chi connectivity index (χ0v) is 58.8. The van der Waals surface area contributed by atoms with Gasteiger partial charge in [-0.1, -0.05) is 104 Å². The Hall–Kier alpha value is -5.64. The molecule has 12 aliphatic rings. The van der Waals surface area contributed by atoms with E-state index in [0.717, 1.165) is 103 Å². The molecule has 0 N–H and O–H groups in total. The normalized spacial score (nSPS) is 29.3. The number of hydrogen-bond acceptors (Lipinski definition) is 8. The monoisotopic (exact) mass is 1380 g/mol. The van der Waals surface area contributed by atoms with Crippen molar-refractivity contribution in [3.05, 3.63) is 207 Å². The average molecular weight is 1380 g/mol. The van der Waals surface area contributed by atoms with Crippen molar-refractivity contribution in [3.8, 4) is 0 Å². The summed E-state index contributed by atoms with van der Waals surface area (Å²) in [6.45, 7) is 6.03. The highest BCUT2D eigenvalue weighted by molar-refractivity contribution is 7.99. The minimum atomic E-state index is -3.36. The van der Waals surface area contributed by atoms with Crippen LogP contribution in [0.2, 0.25) is 0 Å². The quantitative estimate of drug-likeness (QED) is 0.0127. The number of thiol groups is 1. The van der Waals surface area contributed by atoms with Crippen molar-refractivity contribution in [2.75, 3.05) is 25.6 Å². The Labute approximate surface area is 582 Å². The Kier molecular flexibility index (Phi) is 23.2. The maximum Gasteiger partial charge on any atom is 0.376 e. The Bertz CT molecular complexity index is 3330. The molecule has 14 heteroatoms. The first-order valence-corrected chi connectivity index (χ1v) is 38.8. The zero-order chi connectivity index (χ0) is 66.9. The first kappa shape index (κ1) is 70.2. The second-order valence-electron chi connectivity index (χ2n) is 29.3. The van der Waals surface area contributed by atoms with Crippen molar-refractivity contribution in [1.82, 2.24) is 0 Å². The van der Waals surface area contributed by atoms with Gasteiger partial charge in [-0.3, -0.25) is 0 Å². The van der Waals surface area contributed by atoms with E-state index in [-0.39, 0.29) is 45.8 Å². The number of rotatable bonds is 19. The lowest BCUT2D eigenvalue weighted by atomic mass is 9.50. The molecular weight excluding hydrogens is 1290 g/mol. The highest BCUT2D eigenvalue weighted by Crippen LogP contribution is 2.61. The van der Waals surface area contributed by atoms with Crippen molar-refractivity contribution in [2.24, 2.45) is 70.0 Å². The van der Waals surface area contributed by atoms with Crippen molar-refractivity contribution in [3.63, 3.8) is 0 Å². The minimum absolute atomic E-state index is 0.0235. The maximum absolute atomic E-state index is 12.8. The number of halogens is 4. The van der Waals surface area contributed by atoms with Crippen LogP contribution in [0.15, 0.2) is 246 Å². The number of fused-ring (bicyclic) bond motifs is 4. The van der Waals surface area contributed by atoms with Crippen LogP contribution < -0.4 is 0 Å². The van der Waals surface area contributed by atoms with Gasteiger partial charge in [0.05, 0.1) is 54.0 Å². The fourth-order valence-corrected chi connectivity index (χ4v) is 23.3. The molecule has 12 aliphatic carbocycles. The highest BCUT2D eigenvalue weighted by atomic mass is 32.2. The predicted molar refractivity (Wildman–Crippen MR) is 381 cm³/mol. The van der Waals surface area contributed by atoms with E-state index < -0.39 is 23.8 Å². The number of thioether (sulfide) groups is 1. The Morgan fingerprint density at radius 3 is 1.12 bits per heavy atom. The van der Waals surface area contributed by atoms with Crippen LogP contribution in [-0.2, 0) is 50.3 Å². The molecule has 6 aromatic rings. The molecule has 0 amide bonds. The molecule has 0 radical (unpaired) electrons. The molecule has 12 bridgehead atoms. The number of alkyl halides is 4. The molecule has 6 unspecified atom stereocenters. The van der Waals surface area contributed by atoms with Gasteiger partial charge >= 0.3 is 23.8 Å². The van der Waals surface area contributed by atoms with Crippen LogP contribution in [0.25, 0.3) is 0 Å². The number of carbonyl (C=O) groups is 2. The molecule has 0 saturated heterocycles. The lowest BCUT2D eigenvalue weighted by molar-refractivity contribution is -0.179. The molecular formula is C82H94F4O6S4+2. The summed E-state index contributed by atoms with van der Waals surface area (Å²) in [4.78, 5) is 32.8. The summed E-state index contributed by atoms with van der Waals surface area (Å²) in [5.74, 6) is -1.01. The third kappa shape index (κ3) is 18.2. The number of ether oxygens (including phenoxy) is 4. The molecule has 0 aliphatic heterocycles. The molecule has 96 heavy (non-hydrogen) atoms. The fraction of sp³-hybridized carbons (Fsp3) is 0.463. The Morgan fingerprint density at radius 2 is 0.812 bits per heavy atom. The predicted octanol–water partition coefficient (Wildman–Crippen LogP) is 20.8. The van der Waals surface area contributed by atoms with Crippen LogP contribution in [0.4, 0.5) is 17.6 Å². The molecule has 6 aromatic carbocycles. The maximum atomic E-state index is 12.8. The number of benzene rings is 6. The van der Waals surface area contributed by atoms with Gasteiger partial charge in [0.15, 0.2) is 29.4 Å². The molecule has 6 atom stereocenters. The van der Waals surface area contributed by atoms with Gasteiger partial charge in [0.1, 0.15) is 6.10 Å². The number of hydrogen-bond donors (Lipinski definition) is 1. The van der Waals surface area contributed by atoms with Gasteiger partial charge in [0, 0.05) is 52.1 Å². The first-order chi connectivity index (χ1) is 46.3. The number of esters is 2. The van der Waals surface area contributed by atoms with E-state index in [1.54, 1.807) is 6.26 Å². The second-order valence-corrected chi connectivity index (χ2v) is 35.0. The molecule has 0 aromatic heterocycles. The van der Waals surface area contributed by atoms with Crippen molar-refractivity contribution >= 4 is 58.1 Å². The summed E-state index contributed by atoms with van der Waals surface area (Å²) in [5, 5.41) is 0. The van der Waals surface area contributed by atoms with Crippen LogP contribution in [0.5, 0.6) is 0 Å².